The van der Waals surface area contributed by atoms with Gasteiger partial charge in [0.1, 0.15) is 0 Å². The molecule has 0 fully saturated rings. The van der Waals surface area contributed by atoms with Crippen LogP contribution in [-0.4, -0.2) is 37.5 Å². The molecule has 0 saturated carbocycles. The molecule has 1 atom stereocenters. The summed E-state index contributed by atoms with van der Waals surface area (Å²) in [6, 6.07) is 5.09. The van der Waals surface area contributed by atoms with Crippen LogP contribution in [-0.2, 0) is 0 Å². The summed E-state index contributed by atoms with van der Waals surface area (Å²) >= 11 is 5.87. The van der Waals surface area contributed by atoms with Gasteiger partial charge in [0, 0.05) is 12.6 Å². The first kappa shape index (κ1) is 13.8. The van der Waals surface area contributed by atoms with E-state index in [0.717, 1.165) is 6.54 Å². The second-order valence-electron chi connectivity index (χ2n) is 4.34. The summed E-state index contributed by atoms with van der Waals surface area (Å²) in [5.74, 6) is -0.195. The first-order chi connectivity index (χ1) is 7.91. The smallest absolute Gasteiger partial charge is 0.253 e. The zero-order chi connectivity index (χ0) is 13.0. The Labute approximate surface area is 107 Å². The number of nitrogen functional groups attached to an aromatic ring is 1. The first-order valence-corrected chi connectivity index (χ1v) is 5.79. The number of benzene rings is 1. The fraction of sp³-hybridized carbons (Fsp3) is 0.417. The summed E-state index contributed by atoms with van der Waals surface area (Å²) in [4.78, 5) is 13.9. The largest absolute Gasteiger partial charge is 0.397 e. The van der Waals surface area contributed by atoms with Gasteiger partial charge >= 0.3 is 0 Å². The van der Waals surface area contributed by atoms with Crippen LogP contribution < -0.4 is 11.1 Å². The number of hydrogen-bond acceptors (Lipinski definition) is 3. The molecule has 0 spiro atoms. The molecular weight excluding hydrogens is 238 g/mol. The number of halogens is 1. The van der Waals surface area contributed by atoms with E-state index >= 15 is 0 Å². The number of nitrogens with zero attached hydrogens (tertiary/aromatic N) is 1. The van der Waals surface area contributed by atoms with Gasteiger partial charge in [-0.3, -0.25) is 4.79 Å². The van der Waals surface area contributed by atoms with Crippen molar-refractivity contribution in [2.24, 2.45) is 0 Å². The van der Waals surface area contributed by atoms with Crippen molar-refractivity contribution in [3.05, 3.63) is 28.8 Å². The average Bonchev–Trinajstić information content (AvgIpc) is 2.20. The molecule has 0 heterocycles. The van der Waals surface area contributed by atoms with Crippen molar-refractivity contribution >= 4 is 23.2 Å². The minimum absolute atomic E-state index is 0.0517. The third-order valence-electron chi connectivity index (χ3n) is 2.31. The Morgan fingerprint density at radius 1 is 1.53 bits per heavy atom. The molecule has 1 aromatic carbocycles. The fourth-order valence-corrected chi connectivity index (χ4v) is 1.80. The molecule has 0 aliphatic heterocycles. The van der Waals surface area contributed by atoms with Crippen LogP contribution in [0.2, 0.25) is 5.02 Å². The molecule has 1 aromatic rings. The number of hydrogen-bond donors (Lipinski definition) is 2. The lowest BCUT2D eigenvalue weighted by Gasteiger charge is -2.18. The lowest BCUT2D eigenvalue weighted by molar-refractivity contribution is 0.0935. The highest BCUT2D eigenvalue weighted by atomic mass is 35.5. The molecule has 0 aliphatic rings. The van der Waals surface area contributed by atoms with Gasteiger partial charge in [0.25, 0.3) is 5.91 Å². The summed E-state index contributed by atoms with van der Waals surface area (Å²) in [6.45, 7) is 2.71. The van der Waals surface area contributed by atoms with E-state index in [1.807, 2.05) is 25.9 Å². The lowest BCUT2D eigenvalue weighted by atomic mass is 10.1. The predicted octanol–water partition coefficient (Wildman–Crippen LogP) is 1.60. The van der Waals surface area contributed by atoms with Crippen molar-refractivity contribution in [3.63, 3.8) is 0 Å². The molecule has 4 nitrogen and oxygen atoms in total. The van der Waals surface area contributed by atoms with Crippen LogP contribution in [0.4, 0.5) is 5.69 Å². The molecule has 0 aliphatic carbocycles. The van der Waals surface area contributed by atoms with Crippen LogP contribution >= 0.6 is 11.6 Å². The van der Waals surface area contributed by atoms with Gasteiger partial charge in [0.05, 0.1) is 16.3 Å². The van der Waals surface area contributed by atoms with Gasteiger partial charge in [-0.2, -0.15) is 0 Å². The fourth-order valence-electron chi connectivity index (χ4n) is 1.63. The van der Waals surface area contributed by atoms with Gasteiger partial charge < -0.3 is 16.0 Å². The predicted molar refractivity (Wildman–Crippen MR) is 71.3 cm³/mol. The standard InChI is InChI=1S/C12H18ClN3O/c1-8(7-16(2)3)15-12(17)9-5-4-6-10(13)11(9)14/h4-6,8H,7,14H2,1-3H3,(H,15,17). The highest BCUT2D eigenvalue weighted by Gasteiger charge is 2.14. The molecule has 5 heteroatoms. The molecule has 0 aromatic heterocycles. The number of carbonyl (C=O) groups excluding carboxylic acids is 1. The van der Waals surface area contributed by atoms with Crippen LogP contribution in [0.5, 0.6) is 0 Å². The number of carbonyl (C=O) groups is 1. The van der Waals surface area contributed by atoms with Gasteiger partial charge in [0.2, 0.25) is 0 Å². The Bertz CT molecular complexity index is 407. The molecular formula is C12H18ClN3O. The number of anilines is 1. The van der Waals surface area contributed by atoms with Crippen molar-refractivity contribution < 1.29 is 4.79 Å². The van der Waals surface area contributed by atoms with E-state index in [9.17, 15) is 4.79 Å². The summed E-state index contributed by atoms with van der Waals surface area (Å²) in [6.07, 6.45) is 0. The maximum absolute atomic E-state index is 11.9. The van der Waals surface area contributed by atoms with E-state index in [-0.39, 0.29) is 11.9 Å². The van der Waals surface area contributed by atoms with Crippen molar-refractivity contribution in [1.29, 1.82) is 0 Å². The number of nitrogens with two attached hydrogens (primary N) is 1. The summed E-state index contributed by atoms with van der Waals surface area (Å²) in [5, 5.41) is 3.28. The Kier molecular flexibility index (Phi) is 4.78. The average molecular weight is 256 g/mol. The topological polar surface area (TPSA) is 58.4 Å². The number of nitrogens with one attached hydrogen (secondary N) is 1. The molecule has 1 unspecified atom stereocenters. The molecule has 94 valence electrons. The van der Waals surface area contributed by atoms with Crippen LogP contribution in [0.15, 0.2) is 18.2 Å². The zero-order valence-electron chi connectivity index (χ0n) is 10.3. The number of para-hydroxylation sites is 1. The quantitative estimate of drug-likeness (QED) is 0.804. The summed E-state index contributed by atoms with van der Waals surface area (Å²) < 4.78 is 0. The van der Waals surface area contributed by atoms with Crippen molar-refractivity contribution in [3.8, 4) is 0 Å². The van der Waals surface area contributed by atoms with E-state index in [1.165, 1.54) is 0 Å². The van der Waals surface area contributed by atoms with Gasteiger partial charge in [-0.1, -0.05) is 17.7 Å². The van der Waals surface area contributed by atoms with E-state index in [0.29, 0.717) is 16.3 Å². The molecule has 0 radical (unpaired) electrons. The van der Waals surface area contributed by atoms with Crippen molar-refractivity contribution in [2.45, 2.75) is 13.0 Å². The lowest BCUT2D eigenvalue weighted by Crippen LogP contribution is -2.39. The molecule has 0 bridgehead atoms. The Morgan fingerprint density at radius 3 is 2.76 bits per heavy atom. The van der Waals surface area contributed by atoms with Gasteiger partial charge in [-0.05, 0) is 33.2 Å². The van der Waals surface area contributed by atoms with E-state index < -0.39 is 0 Å². The van der Waals surface area contributed by atoms with Crippen LogP contribution in [0.1, 0.15) is 17.3 Å². The van der Waals surface area contributed by atoms with Crippen LogP contribution in [0.25, 0.3) is 0 Å². The molecule has 0 saturated heterocycles. The normalized spacial score (nSPS) is 12.5. The van der Waals surface area contributed by atoms with E-state index in [1.54, 1.807) is 18.2 Å². The highest BCUT2D eigenvalue weighted by Crippen LogP contribution is 2.22. The van der Waals surface area contributed by atoms with E-state index in [4.69, 9.17) is 17.3 Å². The Balaban J connectivity index is 2.73. The molecule has 1 amide bonds. The number of rotatable bonds is 4. The SMILES string of the molecule is CC(CN(C)C)NC(=O)c1cccc(Cl)c1N. The van der Waals surface area contributed by atoms with Crippen LogP contribution in [0.3, 0.4) is 0 Å². The third kappa shape index (κ3) is 3.91. The summed E-state index contributed by atoms with van der Waals surface area (Å²) in [7, 11) is 3.91. The summed E-state index contributed by atoms with van der Waals surface area (Å²) in [5.41, 5.74) is 6.50. The highest BCUT2D eigenvalue weighted by molar-refractivity contribution is 6.33. The minimum atomic E-state index is -0.195. The molecule has 17 heavy (non-hydrogen) atoms. The van der Waals surface area contributed by atoms with E-state index in [2.05, 4.69) is 5.32 Å². The van der Waals surface area contributed by atoms with Crippen LogP contribution in [0, 0.1) is 0 Å². The molecule has 3 N–H and O–H groups in total. The number of amides is 1. The third-order valence-corrected chi connectivity index (χ3v) is 2.64. The van der Waals surface area contributed by atoms with Gasteiger partial charge in [0.15, 0.2) is 0 Å². The minimum Gasteiger partial charge on any atom is -0.397 e. The zero-order valence-corrected chi connectivity index (χ0v) is 11.1. The second-order valence-corrected chi connectivity index (χ2v) is 4.75. The Hall–Kier alpha value is -1.26. The Morgan fingerprint density at radius 2 is 2.18 bits per heavy atom. The molecule has 1 rings (SSSR count). The van der Waals surface area contributed by atoms with Crippen molar-refractivity contribution in [2.75, 3.05) is 26.4 Å². The second kappa shape index (κ2) is 5.89. The maximum atomic E-state index is 11.9. The first-order valence-electron chi connectivity index (χ1n) is 5.41. The number of likely N-dealkylation sites (N-methyl/N-ethyl adjacent to an activating group) is 1. The van der Waals surface area contributed by atoms with Gasteiger partial charge in [-0.25, -0.2) is 0 Å². The van der Waals surface area contributed by atoms with Gasteiger partial charge in [-0.15, -0.1) is 0 Å². The monoisotopic (exact) mass is 255 g/mol. The van der Waals surface area contributed by atoms with Crippen molar-refractivity contribution in [1.82, 2.24) is 10.2 Å². The maximum Gasteiger partial charge on any atom is 0.253 e.